The lowest BCUT2D eigenvalue weighted by Gasteiger charge is -2.20. The molecule has 2 unspecified atom stereocenters. The molecule has 0 aromatic carbocycles. The molecule has 3 nitrogen and oxygen atoms in total. The molecule has 5 heteroatoms. The van der Waals surface area contributed by atoms with E-state index >= 15 is 0 Å². The molecule has 2 aromatic heterocycles. The fraction of sp³-hybridized carbons (Fsp3) is 0.250. The van der Waals surface area contributed by atoms with E-state index in [-0.39, 0.29) is 5.92 Å². The standard InChI is InChI=1S/C12H13ClN2OS/c13-11-2-1-10(17-11)12(16)9(7-14)8-3-5-15-6-4-8/h1-6,9,12,16H,7,14H2. The van der Waals surface area contributed by atoms with E-state index in [0.29, 0.717) is 10.9 Å². The Morgan fingerprint density at radius 2 is 2.00 bits per heavy atom. The third-order valence-electron chi connectivity index (χ3n) is 2.65. The maximum absolute atomic E-state index is 10.3. The molecule has 90 valence electrons. The highest BCUT2D eigenvalue weighted by Crippen LogP contribution is 2.35. The largest absolute Gasteiger partial charge is 0.387 e. The van der Waals surface area contributed by atoms with Crippen molar-refractivity contribution in [3.8, 4) is 0 Å². The van der Waals surface area contributed by atoms with Crippen LogP contribution in [0.5, 0.6) is 0 Å². The normalized spacial score (nSPS) is 14.5. The highest BCUT2D eigenvalue weighted by Gasteiger charge is 2.22. The molecule has 0 spiro atoms. The van der Waals surface area contributed by atoms with Gasteiger partial charge in [0.05, 0.1) is 10.4 Å². The van der Waals surface area contributed by atoms with Crippen LogP contribution in [0.15, 0.2) is 36.7 Å². The second-order valence-corrected chi connectivity index (χ2v) is 5.46. The fourth-order valence-electron chi connectivity index (χ4n) is 1.74. The molecule has 2 atom stereocenters. The van der Waals surface area contributed by atoms with Crippen LogP contribution < -0.4 is 5.73 Å². The summed E-state index contributed by atoms with van der Waals surface area (Å²) in [5.41, 5.74) is 6.73. The van der Waals surface area contributed by atoms with Gasteiger partial charge in [-0.05, 0) is 29.8 Å². The molecule has 0 aliphatic carbocycles. The van der Waals surface area contributed by atoms with Gasteiger partial charge in [0.15, 0.2) is 0 Å². The van der Waals surface area contributed by atoms with Crippen LogP contribution in [0.3, 0.4) is 0 Å². The lowest BCUT2D eigenvalue weighted by molar-refractivity contribution is 0.151. The Bertz CT molecular complexity index is 474. The number of nitrogens with zero attached hydrogens (tertiary/aromatic N) is 1. The predicted octanol–water partition coefficient (Wildman–Crippen LogP) is 2.57. The molecule has 17 heavy (non-hydrogen) atoms. The zero-order valence-corrected chi connectivity index (χ0v) is 10.7. The molecule has 2 aromatic rings. The molecule has 0 aliphatic heterocycles. The van der Waals surface area contributed by atoms with Crippen molar-refractivity contribution in [3.05, 3.63) is 51.4 Å². The van der Waals surface area contributed by atoms with Gasteiger partial charge in [-0.3, -0.25) is 4.98 Å². The molecule has 0 saturated heterocycles. The van der Waals surface area contributed by atoms with Crippen molar-refractivity contribution in [1.82, 2.24) is 4.98 Å². The maximum atomic E-state index is 10.3. The number of hydrogen-bond donors (Lipinski definition) is 2. The minimum Gasteiger partial charge on any atom is -0.387 e. The zero-order valence-electron chi connectivity index (χ0n) is 9.08. The van der Waals surface area contributed by atoms with Crippen LogP contribution in [0.2, 0.25) is 4.34 Å². The summed E-state index contributed by atoms with van der Waals surface area (Å²) in [6.07, 6.45) is 2.78. The van der Waals surface area contributed by atoms with E-state index in [1.54, 1.807) is 18.5 Å². The lowest BCUT2D eigenvalue weighted by atomic mass is 9.93. The van der Waals surface area contributed by atoms with Gasteiger partial charge in [-0.2, -0.15) is 0 Å². The summed E-state index contributed by atoms with van der Waals surface area (Å²) in [6.45, 7) is 0.376. The SMILES string of the molecule is NCC(c1ccncc1)C(O)c1ccc(Cl)s1. The number of aliphatic hydroxyl groups is 1. The Balaban J connectivity index is 2.25. The van der Waals surface area contributed by atoms with Crippen molar-refractivity contribution in [1.29, 1.82) is 0 Å². The first-order chi connectivity index (χ1) is 8.22. The van der Waals surface area contributed by atoms with Crippen LogP contribution in [-0.2, 0) is 0 Å². The summed E-state index contributed by atoms with van der Waals surface area (Å²) in [5.74, 6) is -0.132. The third kappa shape index (κ3) is 2.84. The molecule has 2 heterocycles. The summed E-state index contributed by atoms with van der Waals surface area (Å²) in [6, 6.07) is 7.36. The van der Waals surface area contributed by atoms with Crippen molar-refractivity contribution in [2.75, 3.05) is 6.54 Å². The first kappa shape index (κ1) is 12.5. The first-order valence-corrected chi connectivity index (χ1v) is 6.45. The molecule has 0 bridgehead atoms. The molecule has 2 rings (SSSR count). The number of rotatable bonds is 4. The number of nitrogens with two attached hydrogens (primary N) is 1. The Morgan fingerprint density at radius 1 is 1.29 bits per heavy atom. The second-order valence-electron chi connectivity index (χ2n) is 3.71. The molecule has 3 N–H and O–H groups in total. The number of aliphatic hydroxyl groups excluding tert-OH is 1. The van der Waals surface area contributed by atoms with Crippen LogP contribution >= 0.6 is 22.9 Å². The van der Waals surface area contributed by atoms with Crippen molar-refractivity contribution in [3.63, 3.8) is 0 Å². The average Bonchev–Trinajstić information content (AvgIpc) is 2.78. The molecular formula is C12H13ClN2OS. The van der Waals surface area contributed by atoms with Gasteiger partial charge in [-0.25, -0.2) is 0 Å². The van der Waals surface area contributed by atoms with Gasteiger partial charge < -0.3 is 10.8 Å². The van der Waals surface area contributed by atoms with E-state index in [1.807, 2.05) is 18.2 Å². The van der Waals surface area contributed by atoms with Crippen LogP contribution in [-0.4, -0.2) is 16.6 Å². The van der Waals surface area contributed by atoms with Crippen LogP contribution in [0.4, 0.5) is 0 Å². The minimum atomic E-state index is -0.625. The zero-order chi connectivity index (χ0) is 12.3. The Kier molecular flexibility index (Phi) is 4.12. The highest BCUT2D eigenvalue weighted by atomic mass is 35.5. The van der Waals surface area contributed by atoms with E-state index in [1.165, 1.54) is 11.3 Å². The fourth-order valence-corrected chi connectivity index (χ4v) is 2.86. The Morgan fingerprint density at radius 3 is 2.53 bits per heavy atom. The van der Waals surface area contributed by atoms with Gasteiger partial charge in [0.25, 0.3) is 0 Å². The van der Waals surface area contributed by atoms with Crippen molar-refractivity contribution >= 4 is 22.9 Å². The molecule has 0 radical (unpaired) electrons. The monoisotopic (exact) mass is 268 g/mol. The number of thiophene rings is 1. The first-order valence-electron chi connectivity index (χ1n) is 5.25. The van der Waals surface area contributed by atoms with E-state index in [2.05, 4.69) is 4.98 Å². The Labute approximate surface area is 109 Å². The van der Waals surface area contributed by atoms with Gasteiger partial charge in [0, 0.05) is 29.7 Å². The van der Waals surface area contributed by atoms with Gasteiger partial charge >= 0.3 is 0 Å². The number of aromatic nitrogens is 1. The summed E-state index contributed by atoms with van der Waals surface area (Å²) in [5, 5.41) is 10.3. The van der Waals surface area contributed by atoms with E-state index < -0.39 is 6.10 Å². The van der Waals surface area contributed by atoms with Crippen molar-refractivity contribution in [2.24, 2.45) is 5.73 Å². The van der Waals surface area contributed by atoms with Gasteiger partial charge in [-0.1, -0.05) is 11.6 Å². The Hall–Kier alpha value is -0.940. The molecule has 0 aliphatic rings. The smallest absolute Gasteiger partial charge is 0.0962 e. The van der Waals surface area contributed by atoms with E-state index in [0.717, 1.165) is 10.4 Å². The summed E-state index contributed by atoms with van der Waals surface area (Å²) < 4.78 is 0.671. The molecular weight excluding hydrogens is 256 g/mol. The van der Waals surface area contributed by atoms with Gasteiger partial charge in [0.2, 0.25) is 0 Å². The van der Waals surface area contributed by atoms with Crippen molar-refractivity contribution < 1.29 is 5.11 Å². The number of halogens is 1. The molecule has 0 amide bonds. The summed E-state index contributed by atoms with van der Waals surface area (Å²) in [7, 11) is 0. The van der Waals surface area contributed by atoms with Crippen molar-refractivity contribution in [2.45, 2.75) is 12.0 Å². The topological polar surface area (TPSA) is 59.1 Å². The van der Waals surface area contributed by atoms with Gasteiger partial charge in [-0.15, -0.1) is 11.3 Å². The lowest BCUT2D eigenvalue weighted by Crippen LogP contribution is -2.19. The molecule has 0 saturated carbocycles. The van der Waals surface area contributed by atoms with Gasteiger partial charge in [0.1, 0.15) is 0 Å². The van der Waals surface area contributed by atoms with E-state index in [9.17, 15) is 5.11 Å². The molecule has 0 fully saturated rings. The van der Waals surface area contributed by atoms with Crippen LogP contribution in [0.1, 0.15) is 22.5 Å². The number of pyridine rings is 1. The van der Waals surface area contributed by atoms with E-state index in [4.69, 9.17) is 17.3 Å². The number of hydrogen-bond acceptors (Lipinski definition) is 4. The average molecular weight is 269 g/mol. The second kappa shape index (κ2) is 5.60. The summed E-state index contributed by atoms with van der Waals surface area (Å²) >= 11 is 7.24. The third-order valence-corrected chi connectivity index (χ3v) is 3.96. The van der Waals surface area contributed by atoms with Crippen LogP contribution in [0.25, 0.3) is 0 Å². The minimum absolute atomic E-state index is 0.132. The highest BCUT2D eigenvalue weighted by molar-refractivity contribution is 7.16. The summed E-state index contributed by atoms with van der Waals surface area (Å²) in [4.78, 5) is 4.79. The quantitative estimate of drug-likeness (QED) is 0.896. The maximum Gasteiger partial charge on any atom is 0.0962 e. The van der Waals surface area contributed by atoms with Crippen LogP contribution in [0, 0.1) is 0 Å². The predicted molar refractivity (Wildman–Crippen MR) is 70.3 cm³/mol.